The van der Waals surface area contributed by atoms with Crippen molar-refractivity contribution in [2.24, 2.45) is 0 Å². The summed E-state index contributed by atoms with van der Waals surface area (Å²) in [5.41, 5.74) is 0.663. The van der Waals surface area contributed by atoms with Crippen LogP contribution in [0.4, 0.5) is 0 Å². The fourth-order valence-electron chi connectivity index (χ4n) is 1.45. The molecule has 0 saturated heterocycles. The SMILES string of the molecule is Oc1ccc(OCc2cc(O)cc(O)c2)cc1. The highest BCUT2D eigenvalue weighted by Gasteiger charge is 2.00. The molecule has 0 aliphatic carbocycles. The van der Waals surface area contributed by atoms with Gasteiger partial charge in [0.2, 0.25) is 0 Å². The lowest BCUT2D eigenvalue weighted by Gasteiger charge is -2.07. The second-order valence-corrected chi connectivity index (χ2v) is 3.64. The van der Waals surface area contributed by atoms with Gasteiger partial charge in [0.05, 0.1) is 0 Å². The molecule has 0 bridgehead atoms. The standard InChI is InChI=1S/C13H12O4/c14-10-1-3-13(4-2-10)17-8-9-5-11(15)7-12(16)6-9/h1-7,14-16H,8H2. The van der Waals surface area contributed by atoms with E-state index in [9.17, 15) is 10.2 Å². The fraction of sp³-hybridized carbons (Fsp3) is 0.0769. The van der Waals surface area contributed by atoms with E-state index in [1.807, 2.05) is 0 Å². The molecule has 0 atom stereocenters. The summed E-state index contributed by atoms with van der Waals surface area (Å²) in [6.45, 7) is 0.229. The number of ether oxygens (including phenoxy) is 1. The Morgan fingerprint density at radius 3 is 1.94 bits per heavy atom. The summed E-state index contributed by atoms with van der Waals surface area (Å²) >= 11 is 0. The molecule has 88 valence electrons. The molecule has 17 heavy (non-hydrogen) atoms. The summed E-state index contributed by atoms with van der Waals surface area (Å²) in [6, 6.07) is 10.6. The summed E-state index contributed by atoms with van der Waals surface area (Å²) in [5, 5.41) is 27.7. The van der Waals surface area contributed by atoms with Crippen LogP contribution in [0.1, 0.15) is 5.56 Å². The van der Waals surface area contributed by atoms with Crippen LogP contribution in [0.25, 0.3) is 0 Å². The van der Waals surface area contributed by atoms with Gasteiger partial charge in [-0.25, -0.2) is 0 Å². The predicted octanol–water partition coefficient (Wildman–Crippen LogP) is 2.38. The molecule has 2 aromatic carbocycles. The smallest absolute Gasteiger partial charge is 0.120 e. The van der Waals surface area contributed by atoms with Crippen molar-refractivity contribution in [3.05, 3.63) is 48.0 Å². The Balaban J connectivity index is 2.04. The Morgan fingerprint density at radius 2 is 1.35 bits per heavy atom. The van der Waals surface area contributed by atoms with Gasteiger partial charge in [-0.1, -0.05) is 0 Å². The highest BCUT2D eigenvalue weighted by molar-refractivity contribution is 5.37. The monoisotopic (exact) mass is 232 g/mol. The van der Waals surface area contributed by atoms with Gasteiger partial charge in [-0.3, -0.25) is 0 Å². The second-order valence-electron chi connectivity index (χ2n) is 3.64. The van der Waals surface area contributed by atoms with Gasteiger partial charge in [0, 0.05) is 6.07 Å². The van der Waals surface area contributed by atoms with E-state index in [1.165, 1.54) is 30.3 Å². The van der Waals surface area contributed by atoms with Crippen molar-refractivity contribution in [3.8, 4) is 23.0 Å². The van der Waals surface area contributed by atoms with Crippen LogP contribution in [0.5, 0.6) is 23.0 Å². The molecule has 0 heterocycles. The normalized spacial score (nSPS) is 10.1. The van der Waals surface area contributed by atoms with Crippen molar-refractivity contribution in [3.63, 3.8) is 0 Å². The first-order valence-electron chi connectivity index (χ1n) is 5.07. The fourth-order valence-corrected chi connectivity index (χ4v) is 1.45. The van der Waals surface area contributed by atoms with E-state index in [0.29, 0.717) is 11.3 Å². The van der Waals surface area contributed by atoms with E-state index in [2.05, 4.69) is 0 Å². The molecule has 0 unspecified atom stereocenters. The summed E-state index contributed by atoms with van der Waals surface area (Å²) in [4.78, 5) is 0. The number of phenolic OH excluding ortho intramolecular Hbond substituents is 3. The van der Waals surface area contributed by atoms with Crippen molar-refractivity contribution in [1.29, 1.82) is 0 Å². The predicted molar refractivity (Wildman–Crippen MR) is 62.2 cm³/mol. The number of hydrogen-bond donors (Lipinski definition) is 3. The lowest BCUT2D eigenvalue weighted by Crippen LogP contribution is -1.94. The first-order chi connectivity index (χ1) is 8.13. The Hall–Kier alpha value is -2.36. The van der Waals surface area contributed by atoms with Crippen LogP contribution in [0.3, 0.4) is 0 Å². The van der Waals surface area contributed by atoms with Gasteiger partial charge in [-0.15, -0.1) is 0 Å². The van der Waals surface area contributed by atoms with Crippen LogP contribution >= 0.6 is 0 Å². The highest BCUT2D eigenvalue weighted by Crippen LogP contribution is 2.22. The van der Waals surface area contributed by atoms with E-state index in [1.54, 1.807) is 12.1 Å². The zero-order valence-electron chi connectivity index (χ0n) is 9.00. The lowest BCUT2D eigenvalue weighted by molar-refractivity contribution is 0.304. The summed E-state index contributed by atoms with van der Waals surface area (Å²) in [5.74, 6) is 0.765. The number of phenols is 3. The molecule has 0 aromatic heterocycles. The van der Waals surface area contributed by atoms with Crippen molar-refractivity contribution in [1.82, 2.24) is 0 Å². The van der Waals surface area contributed by atoms with Gasteiger partial charge < -0.3 is 20.1 Å². The Morgan fingerprint density at radius 1 is 0.765 bits per heavy atom. The summed E-state index contributed by atoms with van der Waals surface area (Å²) in [6.07, 6.45) is 0. The molecule has 0 aliphatic heterocycles. The number of rotatable bonds is 3. The first-order valence-corrected chi connectivity index (χ1v) is 5.07. The van der Waals surface area contributed by atoms with Gasteiger partial charge in [-0.05, 0) is 42.0 Å². The van der Waals surface area contributed by atoms with Gasteiger partial charge in [0.25, 0.3) is 0 Å². The van der Waals surface area contributed by atoms with Crippen molar-refractivity contribution in [2.45, 2.75) is 6.61 Å². The zero-order chi connectivity index (χ0) is 12.3. The maximum absolute atomic E-state index is 9.28. The molecular formula is C13H12O4. The van der Waals surface area contributed by atoms with Crippen molar-refractivity contribution in [2.75, 3.05) is 0 Å². The third-order valence-electron chi connectivity index (χ3n) is 2.20. The van der Waals surface area contributed by atoms with Crippen LogP contribution in [-0.2, 0) is 6.61 Å². The molecule has 0 saturated carbocycles. The molecule has 2 aromatic rings. The van der Waals surface area contributed by atoms with E-state index in [-0.39, 0.29) is 23.9 Å². The maximum Gasteiger partial charge on any atom is 0.120 e. The number of hydrogen-bond acceptors (Lipinski definition) is 4. The third kappa shape index (κ3) is 3.04. The largest absolute Gasteiger partial charge is 0.508 e. The van der Waals surface area contributed by atoms with Crippen LogP contribution < -0.4 is 4.74 Å². The Bertz CT molecular complexity index is 485. The first kappa shape index (κ1) is 11.1. The summed E-state index contributed by atoms with van der Waals surface area (Å²) < 4.78 is 5.42. The molecule has 0 radical (unpaired) electrons. The Labute approximate surface area is 98.3 Å². The van der Waals surface area contributed by atoms with E-state index in [4.69, 9.17) is 9.84 Å². The third-order valence-corrected chi connectivity index (χ3v) is 2.20. The van der Waals surface area contributed by atoms with E-state index >= 15 is 0 Å². The van der Waals surface area contributed by atoms with Gasteiger partial charge in [0.1, 0.15) is 29.6 Å². The van der Waals surface area contributed by atoms with Gasteiger partial charge >= 0.3 is 0 Å². The maximum atomic E-state index is 9.28. The van der Waals surface area contributed by atoms with Crippen molar-refractivity contribution >= 4 is 0 Å². The van der Waals surface area contributed by atoms with Crippen LogP contribution in [-0.4, -0.2) is 15.3 Å². The molecule has 0 spiro atoms. The average Bonchev–Trinajstić information content (AvgIpc) is 2.27. The summed E-state index contributed by atoms with van der Waals surface area (Å²) in [7, 11) is 0. The quantitative estimate of drug-likeness (QED) is 0.759. The van der Waals surface area contributed by atoms with Crippen LogP contribution in [0, 0.1) is 0 Å². The minimum Gasteiger partial charge on any atom is -0.508 e. The molecule has 4 heteroatoms. The Kier molecular flexibility index (Phi) is 3.05. The van der Waals surface area contributed by atoms with E-state index in [0.717, 1.165) is 0 Å². The van der Waals surface area contributed by atoms with E-state index < -0.39 is 0 Å². The minimum absolute atomic E-state index is 0.00527. The average molecular weight is 232 g/mol. The van der Waals surface area contributed by atoms with Gasteiger partial charge in [-0.2, -0.15) is 0 Å². The molecule has 0 amide bonds. The topological polar surface area (TPSA) is 69.9 Å². The number of benzene rings is 2. The number of aromatic hydroxyl groups is 3. The molecule has 0 aliphatic rings. The van der Waals surface area contributed by atoms with Crippen molar-refractivity contribution < 1.29 is 20.1 Å². The second kappa shape index (κ2) is 4.65. The van der Waals surface area contributed by atoms with Gasteiger partial charge in [0.15, 0.2) is 0 Å². The molecular weight excluding hydrogens is 220 g/mol. The van der Waals surface area contributed by atoms with Crippen LogP contribution in [0.15, 0.2) is 42.5 Å². The van der Waals surface area contributed by atoms with Crippen LogP contribution in [0.2, 0.25) is 0 Å². The highest BCUT2D eigenvalue weighted by atomic mass is 16.5. The molecule has 2 rings (SSSR count). The molecule has 0 fully saturated rings. The zero-order valence-corrected chi connectivity index (χ0v) is 9.00. The molecule has 4 nitrogen and oxygen atoms in total. The molecule has 3 N–H and O–H groups in total. The minimum atomic E-state index is -0.00527. The lowest BCUT2D eigenvalue weighted by atomic mass is 10.2.